The standard InChI is InChI=1S/C18H32N2O5/c1-6-15(21)24-7-8-25-16(22)19-12-18(4)10-14(20-13-23-5)9-17(2,3)11-18/h6,14,20H,1,7-13H2,2-5H3,(H,19,22). The van der Waals surface area contributed by atoms with E-state index in [9.17, 15) is 9.59 Å². The van der Waals surface area contributed by atoms with Gasteiger partial charge in [-0.25, -0.2) is 9.59 Å². The molecule has 0 aromatic heterocycles. The molecule has 2 atom stereocenters. The van der Waals surface area contributed by atoms with Gasteiger partial charge < -0.3 is 19.5 Å². The molecular weight excluding hydrogens is 324 g/mol. The third kappa shape index (κ3) is 8.36. The highest BCUT2D eigenvalue weighted by Gasteiger charge is 2.41. The van der Waals surface area contributed by atoms with Crippen LogP contribution in [0.25, 0.3) is 0 Å². The summed E-state index contributed by atoms with van der Waals surface area (Å²) in [6, 6.07) is 0.352. The van der Waals surface area contributed by atoms with Crippen LogP contribution in [0.1, 0.15) is 40.0 Å². The smallest absolute Gasteiger partial charge is 0.407 e. The van der Waals surface area contributed by atoms with E-state index in [1.165, 1.54) is 0 Å². The van der Waals surface area contributed by atoms with Crippen molar-refractivity contribution >= 4 is 12.1 Å². The molecule has 1 rings (SSSR count). The number of esters is 1. The van der Waals surface area contributed by atoms with Gasteiger partial charge in [-0.3, -0.25) is 5.32 Å². The highest BCUT2D eigenvalue weighted by Crippen LogP contribution is 2.45. The lowest BCUT2D eigenvalue weighted by molar-refractivity contribution is -0.138. The summed E-state index contributed by atoms with van der Waals surface area (Å²) in [4.78, 5) is 22.7. The van der Waals surface area contributed by atoms with Crippen molar-refractivity contribution in [2.75, 3.05) is 33.6 Å². The fourth-order valence-electron chi connectivity index (χ4n) is 3.79. The van der Waals surface area contributed by atoms with Crippen molar-refractivity contribution in [3.05, 3.63) is 12.7 Å². The van der Waals surface area contributed by atoms with Crippen LogP contribution in [0.15, 0.2) is 12.7 Å². The van der Waals surface area contributed by atoms with E-state index in [0.29, 0.717) is 19.3 Å². The number of amides is 1. The molecule has 1 aliphatic carbocycles. The Morgan fingerprint density at radius 3 is 2.52 bits per heavy atom. The Bertz CT molecular complexity index is 466. The number of hydrogen-bond acceptors (Lipinski definition) is 6. The van der Waals surface area contributed by atoms with Crippen molar-refractivity contribution in [1.82, 2.24) is 10.6 Å². The van der Waals surface area contributed by atoms with E-state index >= 15 is 0 Å². The van der Waals surface area contributed by atoms with Gasteiger partial charge in [0.1, 0.15) is 13.2 Å². The zero-order valence-corrected chi connectivity index (χ0v) is 15.9. The van der Waals surface area contributed by atoms with Gasteiger partial charge in [-0.05, 0) is 30.1 Å². The van der Waals surface area contributed by atoms with Crippen LogP contribution in [0.3, 0.4) is 0 Å². The maximum Gasteiger partial charge on any atom is 0.407 e. The fraction of sp³-hybridized carbons (Fsp3) is 0.778. The molecule has 7 nitrogen and oxygen atoms in total. The maximum atomic E-state index is 11.8. The van der Waals surface area contributed by atoms with Crippen molar-refractivity contribution in [3.63, 3.8) is 0 Å². The summed E-state index contributed by atoms with van der Waals surface area (Å²) in [7, 11) is 1.67. The number of carbonyl (C=O) groups excluding carboxylic acids is 2. The third-order valence-electron chi connectivity index (χ3n) is 4.35. The van der Waals surface area contributed by atoms with Gasteiger partial charge in [0.05, 0.1) is 6.73 Å². The molecule has 25 heavy (non-hydrogen) atoms. The quantitative estimate of drug-likeness (QED) is 0.285. The molecule has 1 saturated carbocycles. The lowest BCUT2D eigenvalue weighted by Crippen LogP contribution is -2.49. The highest BCUT2D eigenvalue weighted by atomic mass is 16.6. The van der Waals surface area contributed by atoms with Crippen LogP contribution >= 0.6 is 0 Å². The Hall–Kier alpha value is -1.60. The van der Waals surface area contributed by atoms with Crippen LogP contribution in [-0.2, 0) is 19.0 Å². The monoisotopic (exact) mass is 356 g/mol. The minimum atomic E-state index is -0.532. The summed E-state index contributed by atoms with van der Waals surface area (Å²) in [5, 5.41) is 6.23. The summed E-state index contributed by atoms with van der Waals surface area (Å²) in [6.45, 7) is 11.1. The van der Waals surface area contributed by atoms with Gasteiger partial charge in [0.2, 0.25) is 0 Å². The Morgan fingerprint density at radius 1 is 1.20 bits per heavy atom. The van der Waals surface area contributed by atoms with Crippen molar-refractivity contribution in [1.29, 1.82) is 0 Å². The van der Waals surface area contributed by atoms with E-state index in [-0.39, 0.29) is 24.0 Å². The number of hydrogen-bond donors (Lipinski definition) is 2. The van der Waals surface area contributed by atoms with E-state index in [4.69, 9.17) is 14.2 Å². The molecule has 1 fully saturated rings. The minimum Gasteiger partial charge on any atom is -0.459 e. The molecule has 0 aromatic rings. The van der Waals surface area contributed by atoms with E-state index in [1.54, 1.807) is 7.11 Å². The molecule has 2 N–H and O–H groups in total. The minimum absolute atomic E-state index is 0.0194. The summed E-state index contributed by atoms with van der Waals surface area (Å²) >= 11 is 0. The first kappa shape index (κ1) is 21.4. The molecule has 0 aliphatic heterocycles. The van der Waals surface area contributed by atoms with Crippen LogP contribution in [-0.4, -0.2) is 51.7 Å². The summed E-state index contributed by atoms with van der Waals surface area (Å²) in [5.74, 6) is -0.532. The molecule has 1 aliphatic rings. The second-order valence-electron chi connectivity index (χ2n) is 7.76. The van der Waals surface area contributed by atoms with Crippen molar-refractivity contribution in [3.8, 4) is 0 Å². The first-order chi connectivity index (χ1) is 11.7. The van der Waals surface area contributed by atoms with Gasteiger partial charge in [-0.1, -0.05) is 27.4 Å². The van der Waals surface area contributed by atoms with Gasteiger partial charge in [0.25, 0.3) is 0 Å². The lowest BCUT2D eigenvalue weighted by Gasteiger charge is -2.47. The van der Waals surface area contributed by atoms with Gasteiger partial charge in [0.15, 0.2) is 0 Å². The number of nitrogens with one attached hydrogen (secondary N) is 2. The molecule has 144 valence electrons. The zero-order valence-electron chi connectivity index (χ0n) is 15.9. The molecule has 7 heteroatoms. The number of carbonyl (C=O) groups is 2. The Balaban J connectivity index is 2.40. The number of methoxy groups -OCH3 is 1. The van der Waals surface area contributed by atoms with E-state index in [1.807, 2.05) is 0 Å². The third-order valence-corrected chi connectivity index (χ3v) is 4.35. The summed E-state index contributed by atoms with van der Waals surface area (Å²) in [6.07, 6.45) is 3.62. The predicted octanol–water partition coefficient (Wildman–Crippen LogP) is 2.22. The molecule has 0 spiro atoms. The fourth-order valence-corrected chi connectivity index (χ4v) is 3.79. The SMILES string of the molecule is C=CC(=O)OCCOC(=O)NCC1(C)CC(NCOC)CC(C)(C)C1. The van der Waals surface area contributed by atoms with Gasteiger partial charge in [0, 0.05) is 25.8 Å². The Labute approximate surface area is 150 Å². The van der Waals surface area contributed by atoms with Crippen LogP contribution < -0.4 is 10.6 Å². The van der Waals surface area contributed by atoms with Gasteiger partial charge in [-0.2, -0.15) is 0 Å². The second kappa shape index (κ2) is 9.77. The molecular formula is C18H32N2O5. The van der Waals surface area contributed by atoms with Crippen LogP contribution in [0, 0.1) is 10.8 Å². The predicted molar refractivity (Wildman–Crippen MR) is 95.0 cm³/mol. The van der Waals surface area contributed by atoms with E-state index in [2.05, 4.69) is 38.0 Å². The largest absolute Gasteiger partial charge is 0.459 e. The number of alkyl carbamates (subject to hydrolysis) is 1. The van der Waals surface area contributed by atoms with E-state index in [0.717, 1.165) is 25.3 Å². The molecule has 1 amide bonds. The number of rotatable bonds is 9. The van der Waals surface area contributed by atoms with Crippen molar-refractivity contribution < 1.29 is 23.8 Å². The van der Waals surface area contributed by atoms with Crippen LogP contribution in [0.2, 0.25) is 0 Å². The average molecular weight is 356 g/mol. The van der Waals surface area contributed by atoms with Crippen LogP contribution in [0.4, 0.5) is 4.79 Å². The molecule has 0 heterocycles. The Kier molecular flexibility index (Phi) is 8.38. The average Bonchev–Trinajstić information content (AvgIpc) is 2.53. The zero-order chi connectivity index (χ0) is 18.9. The molecule has 0 aromatic carbocycles. The first-order valence-corrected chi connectivity index (χ1v) is 8.62. The summed E-state index contributed by atoms with van der Waals surface area (Å²) < 4.78 is 14.9. The highest BCUT2D eigenvalue weighted by molar-refractivity contribution is 5.81. The number of ether oxygens (including phenoxy) is 3. The summed E-state index contributed by atoms with van der Waals surface area (Å²) in [5.41, 5.74) is 0.157. The van der Waals surface area contributed by atoms with Crippen LogP contribution in [0.5, 0.6) is 0 Å². The maximum absolute atomic E-state index is 11.8. The normalized spacial score (nSPS) is 25.0. The van der Waals surface area contributed by atoms with Gasteiger partial charge in [-0.15, -0.1) is 0 Å². The Morgan fingerprint density at radius 2 is 1.88 bits per heavy atom. The van der Waals surface area contributed by atoms with Crippen molar-refractivity contribution in [2.45, 2.75) is 46.1 Å². The second-order valence-corrected chi connectivity index (χ2v) is 7.76. The topological polar surface area (TPSA) is 85.9 Å². The molecule has 0 saturated heterocycles. The van der Waals surface area contributed by atoms with E-state index < -0.39 is 12.1 Å². The lowest BCUT2D eigenvalue weighted by atomic mass is 9.62. The molecule has 0 bridgehead atoms. The first-order valence-electron chi connectivity index (χ1n) is 8.62. The molecule has 0 radical (unpaired) electrons. The van der Waals surface area contributed by atoms with Gasteiger partial charge >= 0.3 is 12.1 Å². The molecule has 2 unspecified atom stereocenters. The van der Waals surface area contributed by atoms with Crippen molar-refractivity contribution in [2.24, 2.45) is 10.8 Å².